The number of nitrogens with two attached hydrogens (primary N) is 1. The summed E-state index contributed by atoms with van der Waals surface area (Å²) in [5.74, 6) is 6.22. The van der Waals surface area contributed by atoms with Crippen LogP contribution in [-0.2, 0) is 9.47 Å². The molecule has 1 fully saturated rings. The van der Waals surface area contributed by atoms with Gasteiger partial charge in [-0.3, -0.25) is 11.3 Å². The maximum Gasteiger partial charge on any atom is 0.0740 e. The lowest BCUT2D eigenvalue weighted by Crippen LogP contribution is -2.50. The van der Waals surface area contributed by atoms with Crippen molar-refractivity contribution in [2.45, 2.75) is 44.8 Å². The first-order valence-electron chi connectivity index (χ1n) is 5.90. The molecule has 1 saturated heterocycles. The fraction of sp³-hybridized carbons (Fsp3) is 1.00. The van der Waals surface area contributed by atoms with Gasteiger partial charge in [0.15, 0.2) is 0 Å². The monoisotopic (exact) mass is 216 g/mol. The van der Waals surface area contributed by atoms with Gasteiger partial charge >= 0.3 is 0 Å². The molecular formula is C11H24N2O2. The molecule has 1 heterocycles. The summed E-state index contributed by atoms with van der Waals surface area (Å²) >= 11 is 0. The Labute approximate surface area is 92.5 Å². The van der Waals surface area contributed by atoms with E-state index in [1.807, 2.05) is 0 Å². The largest absolute Gasteiger partial charge is 0.381 e. The van der Waals surface area contributed by atoms with Crippen LogP contribution in [0.15, 0.2) is 0 Å². The Balaban J connectivity index is 2.50. The molecule has 15 heavy (non-hydrogen) atoms. The number of hydrogen-bond donors (Lipinski definition) is 2. The van der Waals surface area contributed by atoms with E-state index in [0.717, 1.165) is 38.9 Å². The second kappa shape index (κ2) is 7.17. The van der Waals surface area contributed by atoms with Crippen LogP contribution in [0, 0.1) is 5.92 Å². The second-order valence-electron chi connectivity index (χ2n) is 4.21. The minimum Gasteiger partial charge on any atom is -0.381 e. The van der Waals surface area contributed by atoms with Crippen LogP contribution in [0.4, 0.5) is 0 Å². The fourth-order valence-electron chi connectivity index (χ4n) is 2.35. The Kier molecular flexibility index (Phi) is 6.17. The van der Waals surface area contributed by atoms with E-state index < -0.39 is 0 Å². The third-order valence-corrected chi connectivity index (χ3v) is 3.24. The first-order chi connectivity index (χ1) is 7.33. The number of ether oxygens (including phenoxy) is 2. The molecule has 0 saturated carbocycles. The van der Waals surface area contributed by atoms with Crippen molar-refractivity contribution in [2.75, 3.05) is 20.3 Å². The second-order valence-corrected chi connectivity index (χ2v) is 4.21. The number of hydrazine groups is 1. The number of rotatable bonds is 6. The normalized spacial score (nSPS) is 22.6. The molecule has 0 aliphatic carbocycles. The highest BCUT2D eigenvalue weighted by Gasteiger charge is 2.29. The van der Waals surface area contributed by atoms with Crippen LogP contribution in [0.5, 0.6) is 0 Å². The highest BCUT2D eigenvalue weighted by molar-refractivity contribution is 4.83. The zero-order valence-corrected chi connectivity index (χ0v) is 9.87. The van der Waals surface area contributed by atoms with Gasteiger partial charge in [0, 0.05) is 20.3 Å². The van der Waals surface area contributed by atoms with E-state index in [0.29, 0.717) is 5.92 Å². The molecule has 0 bridgehead atoms. The molecule has 0 amide bonds. The molecule has 1 aliphatic heterocycles. The van der Waals surface area contributed by atoms with Crippen LogP contribution in [0.25, 0.3) is 0 Å². The molecule has 4 nitrogen and oxygen atoms in total. The Morgan fingerprint density at radius 1 is 1.47 bits per heavy atom. The average Bonchev–Trinajstić information content (AvgIpc) is 2.30. The third kappa shape index (κ3) is 3.72. The summed E-state index contributed by atoms with van der Waals surface area (Å²) in [6.45, 7) is 3.88. The van der Waals surface area contributed by atoms with Crippen molar-refractivity contribution in [3.8, 4) is 0 Å². The first-order valence-corrected chi connectivity index (χ1v) is 5.90. The lowest BCUT2D eigenvalue weighted by Gasteiger charge is -2.34. The molecule has 3 N–H and O–H groups in total. The minimum atomic E-state index is 0.225. The lowest BCUT2D eigenvalue weighted by atomic mass is 9.87. The Hall–Kier alpha value is -0.160. The van der Waals surface area contributed by atoms with E-state index in [-0.39, 0.29) is 12.1 Å². The fourth-order valence-corrected chi connectivity index (χ4v) is 2.35. The SMILES string of the molecule is CCCC(OC)C(NN)C1CCOCC1. The van der Waals surface area contributed by atoms with Crippen molar-refractivity contribution in [1.29, 1.82) is 0 Å². The summed E-state index contributed by atoms with van der Waals surface area (Å²) in [5, 5.41) is 0. The quantitative estimate of drug-likeness (QED) is 0.515. The van der Waals surface area contributed by atoms with Crippen LogP contribution < -0.4 is 11.3 Å². The van der Waals surface area contributed by atoms with Gasteiger partial charge in [0.2, 0.25) is 0 Å². The van der Waals surface area contributed by atoms with Crippen LogP contribution in [0.2, 0.25) is 0 Å². The molecule has 2 unspecified atom stereocenters. The summed E-state index contributed by atoms with van der Waals surface area (Å²) in [7, 11) is 1.77. The molecule has 0 aromatic carbocycles. The van der Waals surface area contributed by atoms with Crippen LogP contribution in [-0.4, -0.2) is 32.5 Å². The number of nitrogens with one attached hydrogen (secondary N) is 1. The molecule has 1 rings (SSSR count). The van der Waals surface area contributed by atoms with E-state index in [1.165, 1.54) is 0 Å². The zero-order valence-electron chi connectivity index (χ0n) is 9.87. The first kappa shape index (κ1) is 12.9. The van der Waals surface area contributed by atoms with Gasteiger partial charge in [0.1, 0.15) is 0 Å². The molecule has 0 aromatic rings. The Morgan fingerprint density at radius 3 is 2.60 bits per heavy atom. The average molecular weight is 216 g/mol. The molecule has 4 heteroatoms. The molecule has 0 radical (unpaired) electrons. The predicted molar refractivity (Wildman–Crippen MR) is 60.4 cm³/mol. The summed E-state index contributed by atoms with van der Waals surface area (Å²) in [5.41, 5.74) is 2.93. The maximum atomic E-state index is 5.64. The summed E-state index contributed by atoms with van der Waals surface area (Å²) in [6.07, 6.45) is 4.57. The van der Waals surface area contributed by atoms with E-state index in [1.54, 1.807) is 7.11 Å². The van der Waals surface area contributed by atoms with Crippen molar-refractivity contribution in [2.24, 2.45) is 11.8 Å². The summed E-state index contributed by atoms with van der Waals surface area (Å²) in [6, 6.07) is 0.263. The molecular weight excluding hydrogens is 192 g/mol. The van der Waals surface area contributed by atoms with Crippen molar-refractivity contribution >= 4 is 0 Å². The van der Waals surface area contributed by atoms with Gasteiger partial charge in [-0.15, -0.1) is 0 Å². The van der Waals surface area contributed by atoms with Gasteiger partial charge in [0.05, 0.1) is 12.1 Å². The molecule has 0 spiro atoms. The van der Waals surface area contributed by atoms with E-state index in [9.17, 15) is 0 Å². The van der Waals surface area contributed by atoms with Crippen LogP contribution >= 0.6 is 0 Å². The van der Waals surface area contributed by atoms with E-state index in [4.69, 9.17) is 15.3 Å². The molecule has 0 aromatic heterocycles. The van der Waals surface area contributed by atoms with Gasteiger partial charge < -0.3 is 9.47 Å². The van der Waals surface area contributed by atoms with Crippen LogP contribution in [0.1, 0.15) is 32.6 Å². The van der Waals surface area contributed by atoms with Gasteiger partial charge in [-0.05, 0) is 25.2 Å². The smallest absolute Gasteiger partial charge is 0.0740 e. The van der Waals surface area contributed by atoms with Gasteiger partial charge in [-0.25, -0.2) is 0 Å². The van der Waals surface area contributed by atoms with Crippen LogP contribution in [0.3, 0.4) is 0 Å². The highest BCUT2D eigenvalue weighted by atomic mass is 16.5. The molecule has 1 aliphatic rings. The van der Waals surface area contributed by atoms with Gasteiger partial charge in [0.25, 0.3) is 0 Å². The van der Waals surface area contributed by atoms with Crippen molar-refractivity contribution in [3.63, 3.8) is 0 Å². The van der Waals surface area contributed by atoms with E-state index in [2.05, 4.69) is 12.3 Å². The van der Waals surface area contributed by atoms with Crippen molar-refractivity contribution < 1.29 is 9.47 Å². The van der Waals surface area contributed by atoms with Crippen molar-refractivity contribution in [3.05, 3.63) is 0 Å². The summed E-state index contributed by atoms with van der Waals surface area (Å²) < 4.78 is 10.9. The number of methoxy groups -OCH3 is 1. The van der Waals surface area contributed by atoms with Crippen molar-refractivity contribution in [1.82, 2.24) is 5.43 Å². The zero-order chi connectivity index (χ0) is 11.1. The lowest BCUT2D eigenvalue weighted by molar-refractivity contribution is 0.0000782. The third-order valence-electron chi connectivity index (χ3n) is 3.24. The number of hydrogen-bond acceptors (Lipinski definition) is 4. The molecule has 2 atom stereocenters. The standard InChI is InChI=1S/C11H24N2O2/c1-3-4-10(14-2)11(13-12)9-5-7-15-8-6-9/h9-11,13H,3-8,12H2,1-2H3. The highest BCUT2D eigenvalue weighted by Crippen LogP contribution is 2.23. The van der Waals surface area contributed by atoms with Gasteiger partial charge in [-0.1, -0.05) is 13.3 Å². The molecule has 90 valence electrons. The predicted octanol–water partition coefficient (Wildman–Crippen LogP) is 1.06. The minimum absolute atomic E-state index is 0.225. The maximum absolute atomic E-state index is 5.64. The Morgan fingerprint density at radius 2 is 2.13 bits per heavy atom. The summed E-state index contributed by atoms with van der Waals surface area (Å²) in [4.78, 5) is 0. The topological polar surface area (TPSA) is 56.5 Å². The van der Waals surface area contributed by atoms with E-state index >= 15 is 0 Å². The Bertz CT molecular complexity index is 156. The van der Waals surface area contributed by atoms with Gasteiger partial charge in [-0.2, -0.15) is 0 Å².